The Labute approximate surface area is 195 Å². The molecule has 2 aromatic heterocycles. The van der Waals surface area contributed by atoms with E-state index in [1.165, 1.54) is 17.7 Å². The first kappa shape index (κ1) is 23.3. The Hall–Kier alpha value is -2.90. The normalized spacial score (nSPS) is 13.8. The topological polar surface area (TPSA) is 57.2 Å². The van der Waals surface area contributed by atoms with Crippen molar-refractivity contribution in [3.63, 3.8) is 0 Å². The molecule has 0 radical (unpaired) electrons. The van der Waals surface area contributed by atoms with Gasteiger partial charge in [0, 0.05) is 56.1 Å². The number of nitrogens with one attached hydrogen (secondary N) is 1. The lowest BCUT2D eigenvalue weighted by atomic mass is 10.0. The Morgan fingerprint density at radius 1 is 1.09 bits per heavy atom. The summed E-state index contributed by atoms with van der Waals surface area (Å²) in [6, 6.07) is 10.7. The summed E-state index contributed by atoms with van der Waals surface area (Å²) < 4.78 is 13.3. The minimum absolute atomic E-state index is 0.199. The van der Waals surface area contributed by atoms with E-state index in [1.807, 2.05) is 30.5 Å². The second-order valence-electron chi connectivity index (χ2n) is 8.46. The van der Waals surface area contributed by atoms with E-state index in [-0.39, 0.29) is 5.82 Å². The number of pyridine rings is 1. The third-order valence-electron chi connectivity index (χ3n) is 6.22. The van der Waals surface area contributed by atoms with Gasteiger partial charge in [0.05, 0.1) is 5.69 Å². The van der Waals surface area contributed by atoms with Gasteiger partial charge in [0.25, 0.3) is 0 Å². The van der Waals surface area contributed by atoms with Crippen molar-refractivity contribution in [1.29, 1.82) is 0 Å². The van der Waals surface area contributed by atoms with Crippen LogP contribution in [0.2, 0.25) is 0 Å². The van der Waals surface area contributed by atoms with Gasteiger partial charge in [-0.15, -0.1) is 0 Å². The van der Waals surface area contributed by atoms with E-state index >= 15 is 0 Å². The molecule has 4 rings (SSSR count). The van der Waals surface area contributed by atoms with Crippen LogP contribution in [0.4, 0.5) is 10.2 Å². The van der Waals surface area contributed by atoms with Crippen LogP contribution in [0, 0.1) is 5.82 Å². The lowest BCUT2D eigenvalue weighted by Gasteiger charge is -2.30. The molecular formula is C26H33FN6. The zero-order valence-electron chi connectivity index (χ0n) is 19.6. The number of halogens is 1. The predicted octanol–water partition coefficient (Wildman–Crippen LogP) is 4.38. The maximum atomic E-state index is 13.3. The zero-order valence-corrected chi connectivity index (χ0v) is 19.6. The summed E-state index contributed by atoms with van der Waals surface area (Å²) in [5.74, 6) is 1.44. The monoisotopic (exact) mass is 448 g/mol. The molecule has 0 atom stereocenters. The van der Waals surface area contributed by atoms with Gasteiger partial charge in [-0.3, -0.25) is 9.88 Å². The fourth-order valence-corrected chi connectivity index (χ4v) is 4.27. The number of benzene rings is 1. The lowest BCUT2D eigenvalue weighted by molar-refractivity contribution is 0.243. The molecule has 1 aromatic carbocycles. The van der Waals surface area contributed by atoms with Gasteiger partial charge in [-0.2, -0.15) is 0 Å². The summed E-state index contributed by atoms with van der Waals surface area (Å²) in [4.78, 5) is 18.9. The second-order valence-corrected chi connectivity index (χ2v) is 8.46. The Kier molecular flexibility index (Phi) is 7.96. The number of hydrogen-bond acceptors (Lipinski definition) is 6. The molecule has 1 N–H and O–H groups in total. The molecule has 3 heterocycles. The summed E-state index contributed by atoms with van der Waals surface area (Å²) >= 11 is 0. The standard InChI is InChI=1S/C26H33FN6/c1-3-32(4-2)15-6-14-29-26-23-19-33(18-20-8-10-22(27)11-9-20)16-12-24(23)30-25(31-26)21-7-5-13-28-17-21/h5,7-11,13,17H,3-4,6,12,14-16,18-19H2,1-2H3,(H,29,30,31). The Morgan fingerprint density at radius 2 is 1.91 bits per heavy atom. The average Bonchev–Trinajstić information content (AvgIpc) is 2.86. The first-order chi connectivity index (χ1) is 16.2. The average molecular weight is 449 g/mol. The van der Waals surface area contributed by atoms with Gasteiger partial charge in [0.2, 0.25) is 0 Å². The highest BCUT2D eigenvalue weighted by atomic mass is 19.1. The van der Waals surface area contributed by atoms with Crippen molar-refractivity contribution >= 4 is 5.82 Å². The number of aromatic nitrogens is 3. The van der Waals surface area contributed by atoms with Gasteiger partial charge in [-0.25, -0.2) is 14.4 Å². The van der Waals surface area contributed by atoms with Crippen LogP contribution in [-0.2, 0) is 19.5 Å². The molecule has 1 aliphatic rings. The SMILES string of the molecule is CCN(CC)CCCNc1nc(-c2cccnc2)nc2c1CN(Cc1ccc(F)cc1)CC2. The fourth-order valence-electron chi connectivity index (χ4n) is 4.27. The summed E-state index contributed by atoms with van der Waals surface area (Å²) in [7, 11) is 0. The molecular weight excluding hydrogens is 415 g/mol. The second kappa shape index (κ2) is 11.3. The lowest BCUT2D eigenvalue weighted by Crippen LogP contribution is -2.32. The predicted molar refractivity (Wildman–Crippen MR) is 130 cm³/mol. The highest BCUT2D eigenvalue weighted by Gasteiger charge is 2.23. The van der Waals surface area contributed by atoms with Crippen LogP contribution in [0.15, 0.2) is 48.8 Å². The van der Waals surface area contributed by atoms with Crippen LogP contribution in [0.5, 0.6) is 0 Å². The molecule has 0 saturated carbocycles. The molecule has 0 bridgehead atoms. The van der Waals surface area contributed by atoms with Crippen molar-refractivity contribution in [2.75, 3.05) is 38.0 Å². The van der Waals surface area contributed by atoms with E-state index in [0.717, 1.165) is 87.1 Å². The minimum atomic E-state index is -0.199. The summed E-state index contributed by atoms with van der Waals surface area (Å²) in [6.07, 6.45) is 5.50. The van der Waals surface area contributed by atoms with E-state index < -0.39 is 0 Å². The largest absolute Gasteiger partial charge is 0.370 e. The molecule has 33 heavy (non-hydrogen) atoms. The van der Waals surface area contributed by atoms with Crippen LogP contribution in [0.25, 0.3) is 11.4 Å². The smallest absolute Gasteiger partial charge is 0.163 e. The van der Waals surface area contributed by atoms with E-state index in [0.29, 0.717) is 0 Å². The van der Waals surface area contributed by atoms with E-state index in [4.69, 9.17) is 9.97 Å². The van der Waals surface area contributed by atoms with Gasteiger partial charge in [-0.05, 0) is 55.9 Å². The molecule has 0 aliphatic carbocycles. The number of hydrogen-bond donors (Lipinski definition) is 1. The zero-order chi connectivity index (χ0) is 23.0. The van der Waals surface area contributed by atoms with Gasteiger partial charge in [0.15, 0.2) is 5.82 Å². The third kappa shape index (κ3) is 6.12. The van der Waals surface area contributed by atoms with Crippen molar-refractivity contribution in [2.24, 2.45) is 0 Å². The molecule has 0 fully saturated rings. The van der Waals surface area contributed by atoms with Crippen LogP contribution < -0.4 is 5.32 Å². The highest BCUT2D eigenvalue weighted by molar-refractivity contribution is 5.59. The third-order valence-corrected chi connectivity index (χ3v) is 6.22. The molecule has 174 valence electrons. The van der Waals surface area contributed by atoms with Crippen molar-refractivity contribution in [2.45, 2.75) is 39.8 Å². The number of anilines is 1. The first-order valence-corrected chi connectivity index (χ1v) is 11.9. The molecule has 1 aliphatic heterocycles. The molecule has 7 heteroatoms. The van der Waals surface area contributed by atoms with Gasteiger partial charge in [-0.1, -0.05) is 26.0 Å². The van der Waals surface area contributed by atoms with Crippen LogP contribution in [-0.4, -0.2) is 57.5 Å². The van der Waals surface area contributed by atoms with E-state index in [1.54, 1.807) is 6.20 Å². The first-order valence-electron chi connectivity index (χ1n) is 11.9. The van der Waals surface area contributed by atoms with Crippen molar-refractivity contribution in [3.05, 3.63) is 71.4 Å². The van der Waals surface area contributed by atoms with Gasteiger partial charge < -0.3 is 10.2 Å². The molecule has 0 spiro atoms. The van der Waals surface area contributed by atoms with Crippen molar-refractivity contribution in [3.8, 4) is 11.4 Å². The van der Waals surface area contributed by atoms with Crippen LogP contribution >= 0.6 is 0 Å². The molecule has 0 saturated heterocycles. The number of fused-ring (bicyclic) bond motifs is 1. The molecule has 6 nitrogen and oxygen atoms in total. The maximum absolute atomic E-state index is 13.3. The Bertz CT molecular complexity index is 1020. The van der Waals surface area contributed by atoms with Gasteiger partial charge in [0.1, 0.15) is 11.6 Å². The molecule has 0 amide bonds. The quantitative estimate of drug-likeness (QED) is 0.465. The maximum Gasteiger partial charge on any atom is 0.163 e. The van der Waals surface area contributed by atoms with Gasteiger partial charge >= 0.3 is 0 Å². The van der Waals surface area contributed by atoms with E-state index in [2.05, 4.69) is 33.9 Å². The highest BCUT2D eigenvalue weighted by Crippen LogP contribution is 2.28. The van der Waals surface area contributed by atoms with Crippen LogP contribution in [0.3, 0.4) is 0 Å². The number of rotatable bonds is 10. The summed E-state index contributed by atoms with van der Waals surface area (Å²) in [5, 5.41) is 3.60. The number of nitrogens with zero attached hydrogens (tertiary/aromatic N) is 5. The van der Waals surface area contributed by atoms with Crippen LogP contribution in [0.1, 0.15) is 37.1 Å². The Morgan fingerprint density at radius 3 is 2.64 bits per heavy atom. The van der Waals surface area contributed by atoms with E-state index in [9.17, 15) is 4.39 Å². The molecule has 3 aromatic rings. The fraction of sp³-hybridized carbons (Fsp3) is 0.423. The van der Waals surface area contributed by atoms with Crippen molar-refractivity contribution < 1.29 is 4.39 Å². The van der Waals surface area contributed by atoms with Crippen molar-refractivity contribution in [1.82, 2.24) is 24.8 Å². The molecule has 0 unspecified atom stereocenters. The minimum Gasteiger partial charge on any atom is -0.370 e. The summed E-state index contributed by atoms with van der Waals surface area (Å²) in [5.41, 5.74) is 4.31. The Balaban J connectivity index is 1.53. The summed E-state index contributed by atoms with van der Waals surface area (Å²) in [6.45, 7) is 11.0.